The van der Waals surface area contributed by atoms with Crippen LogP contribution >= 0.6 is 27.5 Å². The summed E-state index contributed by atoms with van der Waals surface area (Å²) in [7, 11) is 1.38. The molecule has 2 amide bonds. The molecule has 152 valence electrons. The molecule has 1 aromatic carbocycles. The van der Waals surface area contributed by atoms with Gasteiger partial charge < -0.3 is 5.32 Å². The van der Waals surface area contributed by atoms with Crippen LogP contribution in [-0.2, 0) is 0 Å². The van der Waals surface area contributed by atoms with Crippen LogP contribution in [0.15, 0.2) is 47.2 Å². The third-order valence-electron chi connectivity index (χ3n) is 4.24. The van der Waals surface area contributed by atoms with Gasteiger partial charge in [-0.15, -0.1) is 0 Å². The third-order valence-corrected chi connectivity index (χ3v) is 4.97. The van der Waals surface area contributed by atoms with Crippen molar-refractivity contribution in [1.29, 1.82) is 5.26 Å². The first-order valence-corrected chi connectivity index (χ1v) is 9.77. The van der Waals surface area contributed by atoms with Crippen LogP contribution in [0, 0.1) is 18.3 Å². The summed E-state index contributed by atoms with van der Waals surface area (Å²) in [4.78, 5) is 29.9. The van der Waals surface area contributed by atoms with E-state index >= 15 is 0 Å². The minimum atomic E-state index is -0.546. The molecule has 3 N–H and O–H groups in total. The number of aryl methyl sites for hydroxylation is 1. The van der Waals surface area contributed by atoms with Gasteiger partial charge in [-0.05, 0) is 58.7 Å². The standard InChI is InChI=1S/C20H16BrClN6O2/c1-11-6-12(9-23)7-14(20(30)27(2)24)17(11)26-19(29)16-8-13(21)10-28(16)18-15(22)4-3-5-25-18/h3-8,10H,24H2,1-2H3,(H,26,29). The smallest absolute Gasteiger partial charge is 0.272 e. The number of halogens is 2. The number of benzene rings is 1. The molecule has 0 saturated carbocycles. The molecule has 2 aromatic heterocycles. The van der Waals surface area contributed by atoms with E-state index in [1.54, 1.807) is 43.6 Å². The van der Waals surface area contributed by atoms with E-state index in [1.807, 2.05) is 6.07 Å². The monoisotopic (exact) mass is 486 g/mol. The number of carbonyl (C=O) groups excluding carboxylic acids is 2. The molecule has 0 aliphatic rings. The summed E-state index contributed by atoms with van der Waals surface area (Å²) in [6, 6.07) is 9.92. The van der Waals surface area contributed by atoms with Crippen molar-refractivity contribution in [3.8, 4) is 11.9 Å². The number of pyridine rings is 1. The quantitative estimate of drug-likeness (QED) is 0.331. The molecule has 0 unspecified atom stereocenters. The topological polar surface area (TPSA) is 117 Å². The van der Waals surface area contributed by atoms with Gasteiger partial charge in [-0.1, -0.05) is 11.6 Å². The summed E-state index contributed by atoms with van der Waals surface area (Å²) in [5.74, 6) is 4.93. The SMILES string of the molecule is Cc1cc(C#N)cc(C(=O)N(C)N)c1NC(=O)c1cc(Br)cn1-c1ncccc1Cl. The van der Waals surface area contributed by atoms with E-state index in [1.165, 1.54) is 17.7 Å². The van der Waals surface area contributed by atoms with Crippen LogP contribution in [0.1, 0.15) is 32.0 Å². The Bertz CT molecular complexity index is 1200. The first-order chi connectivity index (χ1) is 14.2. The molecule has 0 atom stereocenters. The highest BCUT2D eigenvalue weighted by atomic mass is 79.9. The van der Waals surface area contributed by atoms with Crippen LogP contribution in [0.3, 0.4) is 0 Å². The Kier molecular flexibility index (Phi) is 6.22. The van der Waals surface area contributed by atoms with E-state index in [-0.39, 0.29) is 22.5 Å². The lowest BCUT2D eigenvalue weighted by atomic mass is 10.0. The van der Waals surface area contributed by atoms with Crippen LogP contribution in [0.4, 0.5) is 5.69 Å². The zero-order valence-corrected chi connectivity index (χ0v) is 18.3. The number of amides is 2. The van der Waals surface area contributed by atoms with E-state index in [0.29, 0.717) is 20.9 Å². The van der Waals surface area contributed by atoms with Crippen molar-refractivity contribution in [2.75, 3.05) is 12.4 Å². The van der Waals surface area contributed by atoms with Crippen molar-refractivity contribution in [2.45, 2.75) is 6.92 Å². The molecule has 0 aliphatic carbocycles. The van der Waals surface area contributed by atoms with Crippen molar-refractivity contribution >= 4 is 45.0 Å². The number of hydrogen-bond donors (Lipinski definition) is 2. The van der Waals surface area contributed by atoms with Crippen LogP contribution in [0.2, 0.25) is 5.02 Å². The van der Waals surface area contributed by atoms with E-state index in [9.17, 15) is 14.9 Å². The largest absolute Gasteiger partial charge is 0.320 e. The van der Waals surface area contributed by atoms with Gasteiger partial charge in [0.1, 0.15) is 5.69 Å². The van der Waals surface area contributed by atoms with E-state index in [4.69, 9.17) is 17.4 Å². The molecule has 10 heteroatoms. The minimum absolute atomic E-state index is 0.109. The zero-order valence-electron chi connectivity index (χ0n) is 16.0. The van der Waals surface area contributed by atoms with Gasteiger partial charge in [0.2, 0.25) is 0 Å². The maximum atomic E-state index is 13.1. The van der Waals surface area contributed by atoms with Crippen molar-refractivity contribution in [1.82, 2.24) is 14.6 Å². The normalized spacial score (nSPS) is 10.4. The van der Waals surface area contributed by atoms with E-state index in [2.05, 4.69) is 26.2 Å². The second kappa shape index (κ2) is 8.67. The number of anilines is 1. The van der Waals surface area contributed by atoms with Crippen LogP contribution in [0.25, 0.3) is 5.82 Å². The van der Waals surface area contributed by atoms with Gasteiger partial charge >= 0.3 is 0 Å². The first kappa shape index (κ1) is 21.5. The van der Waals surface area contributed by atoms with Crippen molar-refractivity contribution < 1.29 is 9.59 Å². The van der Waals surface area contributed by atoms with Crippen molar-refractivity contribution in [3.63, 3.8) is 0 Å². The van der Waals surface area contributed by atoms with Crippen LogP contribution < -0.4 is 11.2 Å². The predicted octanol–water partition coefficient (Wildman–Crippen LogP) is 3.67. The highest BCUT2D eigenvalue weighted by molar-refractivity contribution is 9.10. The lowest BCUT2D eigenvalue weighted by Crippen LogP contribution is -2.34. The maximum Gasteiger partial charge on any atom is 0.272 e. The summed E-state index contributed by atoms with van der Waals surface area (Å²) < 4.78 is 2.18. The molecule has 0 radical (unpaired) electrons. The number of rotatable bonds is 4. The highest BCUT2D eigenvalue weighted by Gasteiger charge is 2.22. The first-order valence-electron chi connectivity index (χ1n) is 8.60. The highest BCUT2D eigenvalue weighted by Crippen LogP contribution is 2.27. The van der Waals surface area contributed by atoms with Gasteiger partial charge in [0.15, 0.2) is 5.82 Å². The van der Waals surface area contributed by atoms with Crippen LogP contribution in [0.5, 0.6) is 0 Å². The molecule has 3 aromatic rings. The van der Waals surface area contributed by atoms with E-state index in [0.717, 1.165) is 5.01 Å². The molecule has 0 aliphatic heterocycles. The fourth-order valence-electron chi connectivity index (χ4n) is 2.89. The Labute approximate surface area is 186 Å². The second-order valence-corrected chi connectivity index (χ2v) is 7.74. The second-order valence-electron chi connectivity index (χ2n) is 6.42. The summed E-state index contributed by atoms with van der Waals surface area (Å²) >= 11 is 9.60. The Morgan fingerprint density at radius 1 is 1.37 bits per heavy atom. The maximum absolute atomic E-state index is 13.1. The van der Waals surface area contributed by atoms with Crippen LogP contribution in [-0.4, -0.2) is 33.4 Å². The average Bonchev–Trinajstić information content (AvgIpc) is 3.10. The van der Waals surface area contributed by atoms with Gasteiger partial charge in [-0.3, -0.25) is 19.2 Å². The molecule has 0 spiro atoms. The molecule has 2 heterocycles. The molecule has 0 saturated heterocycles. The Balaban J connectivity index is 2.07. The molecule has 30 heavy (non-hydrogen) atoms. The van der Waals surface area contributed by atoms with E-state index < -0.39 is 11.8 Å². The molecule has 0 fully saturated rings. The number of hydrogen-bond acceptors (Lipinski definition) is 5. The molecular weight excluding hydrogens is 472 g/mol. The Morgan fingerprint density at radius 2 is 2.10 bits per heavy atom. The summed E-state index contributed by atoms with van der Waals surface area (Å²) in [5.41, 5.74) is 1.43. The number of nitrogens with zero attached hydrogens (tertiary/aromatic N) is 4. The number of nitrogens with two attached hydrogens (primary N) is 1. The Hall–Kier alpha value is -3.19. The summed E-state index contributed by atoms with van der Waals surface area (Å²) in [6.45, 7) is 1.69. The molecule has 3 rings (SSSR count). The molecular formula is C20H16BrClN6O2. The third kappa shape index (κ3) is 4.21. The van der Waals surface area contributed by atoms with Gasteiger partial charge in [0.05, 0.1) is 27.9 Å². The Morgan fingerprint density at radius 3 is 2.73 bits per heavy atom. The summed E-state index contributed by atoms with van der Waals surface area (Å²) in [5, 5.41) is 13.2. The predicted molar refractivity (Wildman–Crippen MR) is 116 cm³/mol. The molecule has 0 bridgehead atoms. The van der Waals surface area contributed by atoms with Gasteiger partial charge in [-0.25, -0.2) is 10.8 Å². The lowest BCUT2D eigenvalue weighted by molar-refractivity contribution is 0.0796. The number of carbonyl (C=O) groups is 2. The van der Waals surface area contributed by atoms with Gasteiger partial charge in [0.25, 0.3) is 11.8 Å². The summed E-state index contributed by atoms with van der Waals surface area (Å²) in [6.07, 6.45) is 3.23. The number of nitrogens with one attached hydrogen (secondary N) is 1. The lowest BCUT2D eigenvalue weighted by Gasteiger charge is -2.17. The van der Waals surface area contributed by atoms with Gasteiger partial charge in [-0.2, -0.15) is 5.26 Å². The number of hydrazine groups is 1. The minimum Gasteiger partial charge on any atom is -0.320 e. The number of nitriles is 1. The fourth-order valence-corrected chi connectivity index (χ4v) is 3.52. The van der Waals surface area contributed by atoms with Crippen molar-refractivity contribution in [3.05, 3.63) is 74.6 Å². The fraction of sp³-hybridized carbons (Fsp3) is 0.100. The van der Waals surface area contributed by atoms with Gasteiger partial charge in [0, 0.05) is 23.9 Å². The number of aromatic nitrogens is 2. The molecule has 8 nitrogen and oxygen atoms in total. The average molecular weight is 488 g/mol. The zero-order chi connectivity index (χ0) is 22.0. The van der Waals surface area contributed by atoms with Crippen molar-refractivity contribution in [2.24, 2.45) is 5.84 Å².